The summed E-state index contributed by atoms with van der Waals surface area (Å²) in [6.07, 6.45) is 1.80. The van der Waals surface area contributed by atoms with E-state index in [4.69, 9.17) is 18.9 Å². The molecule has 0 bridgehead atoms. The summed E-state index contributed by atoms with van der Waals surface area (Å²) < 4.78 is 26.4. The van der Waals surface area contributed by atoms with E-state index in [0.717, 1.165) is 18.3 Å². The second-order valence-electron chi connectivity index (χ2n) is 10.2. The number of fused-ring (bicyclic) bond motifs is 1. The lowest BCUT2D eigenvalue weighted by molar-refractivity contribution is -0.384. The highest BCUT2D eigenvalue weighted by molar-refractivity contribution is 14.1. The molecule has 3 aromatic carbocycles. The van der Waals surface area contributed by atoms with E-state index < -0.39 is 16.9 Å². The van der Waals surface area contributed by atoms with Crippen molar-refractivity contribution in [3.05, 3.63) is 120 Å². The number of ether oxygens (including phenoxy) is 4. The molecular formula is C33H29I2N3O8S. The monoisotopic (exact) mass is 881 g/mol. The van der Waals surface area contributed by atoms with Gasteiger partial charge in [-0.1, -0.05) is 17.4 Å². The van der Waals surface area contributed by atoms with Gasteiger partial charge in [0.15, 0.2) is 16.3 Å². The number of nitro benzene ring substituents is 1. The van der Waals surface area contributed by atoms with Gasteiger partial charge in [0.05, 0.1) is 54.2 Å². The number of non-ortho nitro benzene ring substituents is 1. The van der Waals surface area contributed by atoms with Crippen LogP contribution in [0, 0.1) is 17.3 Å². The smallest absolute Gasteiger partial charge is 0.338 e. The fourth-order valence-corrected chi connectivity index (χ4v) is 8.23. The molecular weight excluding hydrogens is 852 g/mol. The van der Waals surface area contributed by atoms with Crippen molar-refractivity contribution >= 4 is 74.3 Å². The maximum Gasteiger partial charge on any atom is 0.338 e. The Morgan fingerprint density at radius 1 is 1.04 bits per heavy atom. The molecule has 1 aromatic heterocycles. The van der Waals surface area contributed by atoms with Crippen molar-refractivity contribution in [3.63, 3.8) is 0 Å². The number of benzene rings is 3. The van der Waals surface area contributed by atoms with Gasteiger partial charge >= 0.3 is 5.97 Å². The number of thiazole rings is 1. The van der Waals surface area contributed by atoms with E-state index in [0.29, 0.717) is 44.4 Å². The number of halogens is 2. The number of carbonyl (C=O) groups is 1. The Balaban J connectivity index is 1.54. The fourth-order valence-electron chi connectivity index (χ4n) is 5.06. The normalized spacial score (nSPS) is 14.3. The first-order valence-corrected chi connectivity index (χ1v) is 17.4. The van der Waals surface area contributed by atoms with Crippen LogP contribution in [0.15, 0.2) is 75.7 Å². The molecule has 11 nitrogen and oxygen atoms in total. The molecule has 0 saturated carbocycles. The van der Waals surface area contributed by atoms with Crippen LogP contribution < -0.4 is 29.1 Å². The van der Waals surface area contributed by atoms with E-state index in [2.05, 4.69) is 50.2 Å². The quantitative estimate of drug-likeness (QED) is 0.0788. The van der Waals surface area contributed by atoms with Crippen molar-refractivity contribution < 1.29 is 28.7 Å². The van der Waals surface area contributed by atoms with Gasteiger partial charge in [0.25, 0.3) is 11.2 Å². The Morgan fingerprint density at radius 2 is 1.74 bits per heavy atom. The summed E-state index contributed by atoms with van der Waals surface area (Å²) in [5, 5.41) is 11.0. The van der Waals surface area contributed by atoms with Crippen LogP contribution in [0.4, 0.5) is 5.69 Å². The van der Waals surface area contributed by atoms with Crippen molar-refractivity contribution in [1.82, 2.24) is 4.57 Å². The molecule has 0 unspecified atom stereocenters. The third-order valence-electron chi connectivity index (χ3n) is 7.17. The molecule has 1 atom stereocenters. The lowest BCUT2D eigenvalue weighted by atomic mass is 9.95. The second kappa shape index (κ2) is 15.0. The zero-order valence-electron chi connectivity index (χ0n) is 25.7. The van der Waals surface area contributed by atoms with Crippen molar-refractivity contribution in [2.24, 2.45) is 4.99 Å². The molecule has 4 aromatic rings. The lowest BCUT2D eigenvalue weighted by Gasteiger charge is -2.25. The van der Waals surface area contributed by atoms with Gasteiger partial charge in [0, 0.05) is 12.1 Å². The fraction of sp³-hybridized carbons (Fsp3) is 0.242. The number of allylic oxidation sites excluding steroid dienone is 1. The number of nitro groups is 1. The van der Waals surface area contributed by atoms with Crippen LogP contribution in [0.1, 0.15) is 43.5 Å². The molecule has 244 valence electrons. The van der Waals surface area contributed by atoms with Gasteiger partial charge in [-0.25, -0.2) is 9.79 Å². The molecule has 0 aliphatic carbocycles. The van der Waals surface area contributed by atoms with Gasteiger partial charge in [-0.3, -0.25) is 19.5 Å². The average Bonchev–Trinajstić information content (AvgIpc) is 3.34. The molecule has 0 fully saturated rings. The molecule has 0 radical (unpaired) electrons. The standard InChI is InChI=1S/C33H29I2N3O8S/c1-5-44-26-16-21(9-12-25(26)43-4)29-28(32(40)45-6-2)18(3)36-33-37(29)31(39)27(47-33)15-20-13-23(34)30(24(35)14-20)46-17-19-7-10-22(11-8-19)38(41)42/h7-16,29H,5-6,17H2,1-4H3/b27-15-/t29-/m1/s1. The van der Waals surface area contributed by atoms with E-state index in [-0.39, 0.29) is 30.0 Å². The van der Waals surface area contributed by atoms with E-state index in [1.165, 1.54) is 28.0 Å². The maximum atomic E-state index is 14.1. The summed E-state index contributed by atoms with van der Waals surface area (Å²) in [6.45, 7) is 6.14. The van der Waals surface area contributed by atoms with Crippen LogP contribution >= 0.6 is 56.5 Å². The Kier molecular flexibility index (Phi) is 11.0. The number of rotatable bonds is 11. The van der Waals surface area contributed by atoms with E-state index in [9.17, 15) is 19.7 Å². The van der Waals surface area contributed by atoms with E-state index in [1.807, 2.05) is 19.1 Å². The van der Waals surface area contributed by atoms with Gasteiger partial charge in [-0.2, -0.15) is 0 Å². The summed E-state index contributed by atoms with van der Waals surface area (Å²) in [7, 11) is 1.55. The molecule has 0 saturated heterocycles. The predicted molar refractivity (Wildman–Crippen MR) is 194 cm³/mol. The van der Waals surface area contributed by atoms with Crippen LogP contribution in [0.3, 0.4) is 0 Å². The summed E-state index contributed by atoms with van der Waals surface area (Å²) in [5.41, 5.74) is 2.69. The Bertz CT molecular complexity index is 2050. The van der Waals surface area contributed by atoms with Gasteiger partial charge < -0.3 is 18.9 Å². The molecule has 5 rings (SSSR count). The number of nitrogens with zero attached hydrogens (tertiary/aromatic N) is 3. The Hall–Kier alpha value is -3.77. The molecule has 1 aliphatic heterocycles. The van der Waals surface area contributed by atoms with E-state index >= 15 is 0 Å². The molecule has 14 heteroatoms. The lowest BCUT2D eigenvalue weighted by Crippen LogP contribution is -2.40. The minimum atomic E-state index is -0.798. The summed E-state index contributed by atoms with van der Waals surface area (Å²) in [5.74, 6) is 1.15. The molecule has 47 heavy (non-hydrogen) atoms. The molecule has 0 amide bonds. The molecule has 0 spiro atoms. The van der Waals surface area contributed by atoms with Gasteiger partial charge in [-0.15, -0.1) is 0 Å². The first-order valence-electron chi connectivity index (χ1n) is 14.4. The van der Waals surface area contributed by atoms with Crippen molar-refractivity contribution in [3.8, 4) is 17.2 Å². The van der Waals surface area contributed by atoms with Crippen molar-refractivity contribution in [2.45, 2.75) is 33.4 Å². The minimum Gasteiger partial charge on any atom is -0.493 e. The van der Waals surface area contributed by atoms with Crippen LogP contribution in [-0.2, 0) is 16.1 Å². The SMILES string of the molecule is CCOC(=O)C1=C(C)N=c2s/c(=C\c3cc(I)c(OCc4ccc([N+](=O)[O-])cc4)c(I)c3)c(=O)n2[C@@H]1c1ccc(OC)c(OCC)c1. The van der Waals surface area contributed by atoms with E-state index in [1.54, 1.807) is 57.4 Å². The third kappa shape index (κ3) is 7.38. The number of carbonyl (C=O) groups excluding carboxylic acids is 1. The third-order valence-corrected chi connectivity index (χ3v) is 9.75. The highest BCUT2D eigenvalue weighted by Gasteiger charge is 2.34. The van der Waals surface area contributed by atoms with Crippen LogP contribution in [-0.4, -0.2) is 35.8 Å². The van der Waals surface area contributed by atoms with Crippen LogP contribution in [0.25, 0.3) is 6.08 Å². The summed E-state index contributed by atoms with van der Waals surface area (Å²) >= 11 is 5.61. The Labute approximate surface area is 301 Å². The molecule has 1 aliphatic rings. The first-order chi connectivity index (χ1) is 22.6. The number of hydrogen-bond acceptors (Lipinski definition) is 10. The number of aromatic nitrogens is 1. The second-order valence-corrected chi connectivity index (χ2v) is 13.5. The van der Waals surface area contributed by atoms with Crippen LogP contribution in [0.2, 0.25) is 0 Å². The zero-order chi connectivity index (χ0) is 33.8. The number of hydrogen-bond donors (Lipinski definition) is 0. The molecule has 2 heterocycles. The minimum absolute atomic E-state index is 0.0189. The van der Waals surface area contributed by atoms with Gasteiger partial charge in [-0.05, 0) is 125 Å². The highest BCUT2D eigenvalue weighted by Crippen LogP contribution is 2.36. The Morgan fingerprint density at radius 3 is 2.36 bits per heavy atom. The topological polar surface area (TPSA) is 131 Å². The highest BCUT2D eigenvalue weighted by atomic mass is 127. The maximum absolute atomic E-state index is 14.1. The van der Waals surface area contributed by atoms with Gasteiger partial charge in [0.1, 0.15) is 12.4 Å². The number of methoxy groups -OCH3 is 1. The number of esters is 1. The molecule has 0 N–H and O–H groups in total. The summed E-state index contributed by atoms with van der Waals surface area (Å²) in [4.78, 5) is 43.0. The average molecular weight is 881 g/mol. The zero-order valence-corrected chi connectivity index (χ0v) is 30.9. The van der Waals surface area contributed by atoms with Crippen molar-refractivity contribution in [2.75, 3.05) is 20.3 Å². The first kappa shape index (κ1) is 34.6. The van der Waals surface area contributed by atoms with Crippen molar-refractivity contribution in [1.29, 1.82) is 0 Å². The largest absolute Gasteiger partial charge is 0.493 e. The van der Waals surface area contributed by atoms with Crippen LogP contribution in [0.5, 0.6) is 17.2 Å². The summed E-state index contributed by atoms with van der Waals surface area (Å²) in [6, 6.07) is 14.6. The van der Waals surface area contributed by atoms with Gasteiger partial charge in [0.2, 0.25) is 0 Å². The predicted octanol–water partition coefficient (Wildman–Crippen LogP) is 5.90.